The summed E-state index contributed by atoms with van der Waals surface area (Å²) in [6.07, 6.45) is 7.77. The predicted octanol–water partition coefficient (Wildman–Crippen LogP) is 1.97. The molecule has 3 saturated carbocycles. The largest absolute Gasteiger partial charge is 0.381 e. The highest BCUT2D eigenvalue weighted by Crippen LogP contribution is 2.65. The molecule has 6 unspecified atom stereocenters. The van der Waals surface area contributed by atoms with Crippen molar-refractivity contribution in [3.63, 3.8) is 0 Å². The summed E-state index contributed by atoms with van der Waals surface area (Å²) in [7, 11) is 0. The predicted molar refractivity (Wildman–Crippen MR) is 93.0 cm³/mol. The first kappa shape index (κ1) is 17.5. The molecule has 0 aromatic carbocycles. The Morgan fingerprint density at radius 2 is 2.00 bits per heavy atom. The quantitative estimate of drug-likeness (QED) is 0.604. The molecule has 0 saturated heterocycles. The minimum Gasteiger partial charge on any atom is -0.381 e. The third kappa shape index (κ3) is 1.95. The van der Waals surface area contributed by atoms with Gasteiger partial charge < -0.3 is 5.11 Å². The van der Waals surface area contributed by atoms with Crippen molar-refractivity contribution in [2.24, 2.45) is 28.6 Å². The van der Waals surface area contributed by atoms with Crippen LogP contribution in [0, 0.1) is 28.6 Å². The Balaban J connectivity index is 1.77. The second-order valence-electron chi connectivity index (χ2n) is 8.92. The zero-order valence-electron chi connectivity index (χ0n) is 15.2. The lowest BCUT2D eigenvalue weighted by atomic mass is 9.46. The van der Waals surface area contributed by atoms with Crippen molar-refractivity contribution in [3.8, 4) is 0 Å². The summed E-state index contributed by atoms with van der Waals surface area (Å²) in [5.74, 6) is -0.980. The Bertz CT molecular complexity index is 792. The molecule has 0 radical (unpaired) electrons. The fourth-order valence-electron chi connectivity index (χ4n) is 6.54. The van der Waals surface area contributed by atoms with Gasteiger partial charge in [0.05, 0.1) is 0 Å². The summed E-state index contributed by atoms with van der Waals surface area (Å²) in [5, 5.41) is 11.1. The Morgan fingerprint density at radius 1 is 1.27 bits per heavy atom. The minimum atomic E-state index is -1.74. The van der Waals surface area contributed by atoms with E-state index < -0.39 is 22.2 Å². The minimum absolute atomic E-state index is 0.0171. The topological polar surface area (TPSA) is 88.5 Å². The Morgan fingerprint density at radius 3 is 2.69 bits per heavy atom. The molecule has 0 aliphatic heterocycles. The van der Waals surface area contributed by atoms with Gasteiger partial charge >= 0.3 is 0 Å². The zero-order valence-corrected chi connectivity index (χ0v) is 15.2. The van der Waals surface area contributed by atoms with E-state index >= 15 is 0 Å². The van der Waals surface area contributed by atoms with Crippen LogP contribution in [0.5, 0.6) is 0 Å². The highest BCUT2D eigenvalue weighted by molar-refractivity contribution is 6.29. The van der Waals surface area contributed by atoms with Gasteiger partial charge in [0.1, 0.15) is 11.4 Å². The maximum absolute atomic E-state index is 13.3. The summed E-state index contributed by atoms with van der Waals surface area (Å²) in [4.78, 5) is 48.3. The second-order valence-corrected chi connectivity index (χ2v) is 8.92. The summed E-state index contributed by atoms with van der Waals surface area (Å²) in [5.41, 5.74) is -2.09. The number of hydrogen-bond acceptors (Lipinski definition) is 5. The lowest BCUT2D eigenvalue weighted by Crippen LogP contribution is -2.60. The average molecular weight is 356 g/mol. The molecule has 3 fully saturated rings. The third-order valence-electron chi connectivity index (χ3n) is 7.92. The summed E-state index contributed by atoms with van der Waals surface area (Å²) in [6.45, 7) is 3.82. The van der Waals surface area contributed by atoms with Gasteiger partial charge in [-0.15, -0.1) is 0 Å². The normalized spacial score (nSPS) is 46.9. The van der Waals surface area contributed by atoms with Crippen LogP contribution in [-0.4, -0.2) is 34.3 Å². The second kappa shape index (κ2) is 5.32. The van der Waals surface area contributed by atoms with Crippen molar-refractivity contribution >= 4 is 23.6 Å². The van der Waals surface area contributed by atoms with Crippen LogP contribution in [0.4, 0.5) is 0 Å². The molecule has 4 aliphatic rings. The number of hydrogen-bond donors (Lipinski definition) is 1. The Hall–Kier alpha value is -1.88. The van der Waals surface area contributed by atoms with E-state index in [0.29, 0.717) is 6.42 Å². The van der Waals surface area contributed by atoms with Gasteiger partial charge in [-0.25, -0.2) is 0 Å². The van der Waals surface area contributed by atoms with E-state index in [1.54, 1.807) is 19.1 Å². The molecular formula is C21H24O5. The highest BCUT2D eigenvalue weighted by Gasteiger charge is 2.68. The van der Waals surface area contributed by atoms with Gasteiger partial charge in [-0.1, -0.05) is 25.5 Å². The SMILES string of the molecule is CC12C=CC(=O)C=C1CCC1C2C(=O)CC2(C)C1CCC2(O)C(=O)C=O. The van der Waals surface area contributed by atoms with E-state index in [0.717, 1.165) is 18.4 Å². The molecule has 138 valence electrons. The standard InChI is InChI=1S/C21H24O5/c1-19-7-5-13(23)9-12(19)3-4-14-15-6-8-21(26,17(25)11-22)20(15,2)10-16(24)18(14)19/h5,7,9,11,14-15,18,26H,3-4,6,8,10H2,1-2H3. The monoisotopic (exact) mass is 356 g/mol. The third-order valence-corrected chi connectivity index (χ3v) is 7.92. The number of aldehydes is 1. The number of allylic oxidation sites excluding steroid dienone is 4. The van der Waals surface area contributed by atoms with Crippen LogP contribution in [0.3, 0.4) is 0 Å². The lowest BCUT2D eigenvalue weighted by molar-refractivity contribution is -0.167. The Labute approximate surface area is 152 Å². The Kier molecular flexibility index (Phi) is 3.59. The fraction of sp³-hybridized carbons (Fsp3) is 0.619. The van der Waals surface area contributed by atoms with Gasteiger partial charge in [0.15, 0.2) is 12.1 Å². The molecule has 5 nitrogen and oxygen atoms in total. The van der Waals surface area contributed by atoms with Crippen LogP contribution < -0.4 is 0 Å². The van der Waals surface area contributed by atoms with Gasteiger partial charge in [0.25, 0.3) is 0 Å². The van der Waals surface area contributed by atoms with Crippen molar-refractivity contribution in [2.75, 3.05) is 0 Å². The molecule has 0 amide bonds. The van der Waals surface area contributed by atoms with Gasteiger partial charge in [-0.05, 0) is 49.7 Å². The molecule has 0 aromatic heterocycles. The van der Waals surface area contributed by atoms with Gasteiger partial charge in [-0.3, -0.25) is 19.2 Å². The summed E-state index contributed by atoms with van der Waals surface area (Å²) < 4.78 is 0. The summed E-state index contributed by atoms with van der Waals surface area (Å²) in [6, 6.07) is 0. The van der Waals surface area contributed by atoms with Gasteiger partial charge in [0.2, 0.25) is 5.78 Å². The highest BCUT2D eigenvalue weighted by atomic mass is 16.3. The van der Waals surface area contributed by atoms with Gasteiger partial charge in [-0.2, -0.15) is 0 Å². The number of aliphatic hydroxyl groups is 1. The molecule has 0 aromatic rings. The van der Waals surface area contributed by atoms with Gasteiger partial charge in [0, 0.05) is 23.2 Å². The van der Waals surface area contributed by atoms with Crippen LogP contribution in [-0.2, 0) is 19.2 Å². The van der Waals surface area contributed by atoms with E-state index in [1.165, 1.54) is 0 Å². The van der Waals surface area contributed by atoms with E-state index in [4.69, 9.17) is 0 Å². The van der Waals surface area contributed by atoms with E-state index in [1.807, 2.05) is 13.0 Å². The van der Waals surface area contributed by atoms with Crippen LogP contribution >= 0.6 is 0 Å². The number of rotatable bonds is 2. The first-order valence-corrected chi connectivity index (χ1v) is 9.36. The number of Topliss-reactive ketones (excluding diaryl/α,β-unsaturated/α-hetero) is 2. The molecular weight excluding hydrogens is 332 g/mol. The molecule has 0 bridgehead atoms. The van der Waals surface area contributed by atoms with Crippen molar-refractivity contribution in [2.45, 2.75) is 51.6 Å². The lowest BCUT2D eigenvalue weighted by Gasteiger charge is -2.56. The number of carbonyl (C=O) groups excluding carboxylic acids is 4. The maximum atomic E-state index is 13.3. The maximum Gasteiger partial charge on any atom is 0.227 e. The molecule has 1 N–H and O–H groups in total. The molecule has 6 atom stereocenters. The number of fused-ring (bicyclic) bond motifs is 5. The molecule has 0 spiro atoms. The van der Waals surface area contributed by atoms with Crippen molar-refractivity contribution < 1.29 is 24.3 Å². The van der Waals surface area contributed by atoms with Crippen LogP contribution in [0.15, 0.2) is 23.8 Å². The molecule has 0 heterocycles. The van der Waals surface area contributed by atoms with Crippen molar-refractivity contribution in [1.82, 2.24) is 0 Å². The summed E-state index contributed by atoms with van der Waals surface area (Å²) >= 11 is 0. The van der Waals surface area contributed by atoms with E-state index in [-0.39, 0.29) is 48.4 Å². The van der Waals surface area contributed by atoms with E-state index in [2.05, 4.69) is 0 Å². The number of carbonyl (C=O) groups is 4. The van der Waals surface area contributed by atoms with E-state index in [9.17, 15) is 24.3 Å². The van der Waals surface area contributed by atoms with Crippen molar-refractivity contribution in [1.29, 1.82) is 0 Å². The van der Waals surface area contributed by atoms with Crippen molar-refractivity contribution in [3.05, 3.63) is 23.8 Å². The van der Waals surface area contributed by atoms with Crippen LogP contribution in [0.25, 0.3) is 0 Å². The first-order chi connectivity index (χ1) is 12.2. The fourth-order valence-corrected chi connectivity index (χ4v) is 6.54. The number of ketones is 3. The zero-order chi connectivity index (χ0) is 18.9. The van der Waals surface area contributed by atoms with Crippen LogP contribution in [0.1, 0.15) is 46.0 Å². The average Bonchev–Trinajstić information content (AvgIpc) is 2.86. The smallest absolute Gasteiger partial charge is 0.227 e. The van der Waals surface area contributed by atoms with Crippen LogP contribution in [0.2, 0.25) is 0 Å². The first-order valence-electron chi connectivity index (χ1n) is 9.36. The molecule has 5 heteroatoms. The molecule has 26 heavy (non-hydrogen) atoms. The molecule has 4 aliphatic carbocycles. The molecule has 4 rings (SSSR count).